The first-order valence-electron chi connectivity index (χ1n) is 7.51. The third-order valence-electron chi connectivity index (χ3n) is 4.46. The van der Waals surface area contributed by atoms with Crippen LogP contribution in [0.15, 0.2) is 23.3 Å². The van der Waals surface area contributed by atoms with Crippen molar-refractivity contribution in [1.29, 1.82) is 0 Å². The first-order chi connectivity index (χ1) is 11.0. The first kappa shape index (κ1) is 14.4. The summed E-state index contributed by atoms with van der Waals surface area (Å²) >= 11 is 0. The predicted molar refractivity (Wildman–Crippen MR) is 82.3 cm³/mol. The van der Waals surface area contributed by atoms with E-state index in [0.717, 1.165) is 5.69 Å². The van der Waals surface area contributed by atoms with Gasteiger partial charge in [0.15, 0.2) is 0 Å². The molecule has 3 aromatic heterocycles. The Bertz CT molecular complexity index is 954. The Hall–Kier alpha value is -2.16. The van der Waals surface area contributed by atoms with Gasteiger partial charge in [0.05, 0.1) is 23.8 Å². The Labute approximate surface area is 131 Å². The highest BCUT2D eigenvalue weighted by molar-refractivity contribution is 5.78. The quantitative estimate of drug-likeness (QED) is 0.690. The molecule has 1 aliphatic rings. The van der Waals surface area contributed by atoms with Gasteiger partial charge in [-0.3, -0.25) is 13.8 Å². The lowest BCUT2D eigenvalue weighted by molar-refractivity contribution is -0.0431. The number of aliphatic hydroxyl groups is 2. The van der Waals surface area contributed by atoms with Gasteiger partial charge in [0.2, 0.25) is 5.78 Å². The number of ether oxygens (including phenoxy) is 1. The van der Waals surface area contributed by atoms with Crippen LogP contribution in [0.5, 0.6) is 0 Å². The molecule has 0 bridgehead atoms. The topological polar surface area (TPSA) is 93.9 Å². The van der Waals surface area contributed by atoms with Crippen LogP contribution in [0, 0.1) is 6.92 Å². The molecule has 1 saturated heterocycles. The van der Waals surface area contributed by atoms with Gasteiger partial charge in [-0.15, -0.1) is 0 Å². The van der Waals surface area contributed by atoms with Crippen molar-refractivity contribution in [3.63, 3.8) is 0 Å². The number of aryl methyl sites for hydroxylation is 2. The predicted octanol–water partition coefficient (Wildman–Crippen LogP) is -0.0632. The lowest BCUT2D eigenvalue weighted by atomic mass is 10.2. The van der Waals surface area contributed by atoms with E-state index in [9.17, 15) is 15.0 Å². The molecule has 3 atom stereocenters. The Morgan fingerprint density at radius 2 is 2.26 bits per heavy atom. The summed E-state index contributed by atoms with van der Waals surface area (Å²) in [5.74, 6) is 0.553. The standard InChI is InChI=1S/C15H18N4O4/c1-8-6-19-14(22)9-3-4-18(13(9)17(2)15(19)16-8)12-5-10(21)11(7-20)23-12/h3-4,6,10-12,20-21H,5,7H2,1-2H3/t10-,11+,12-/m0/s1. The summed E-state index contributed by atoms with van der Waals surface area (Å²) in [4.78, 5) is 17.0. The van der Waals surface area contributed by atoms with E-state index in [1.165, 1.54) is 4.40 Å². The maximum Gasteiger partial charge on any atom is 0.268 e. The van der Waals surface area contributed by atoms with Gasteiger partial charge in [0.25, 0.3) is 5.56 Å². The molecule has 122 valence electrons. The fourth-order valence-corrected chi connectivity index (χ4v) is 3.34. The molecule has 0 spiro atoms. The molecule has 3 aromatic rings. The molecular weight excluding hydrogens is 300 g/mol. The van der Waals surface area contributed by atoms with Crippen molar-refractivity contribution in [1.82, 2.24) is 18.5 Å². The average molecular weight is 318 g/mol. The minimum atomic E-state index is -0.725. The second kappa shape index (κ2) is 4.92. The zero-order valence-electron chi connectivity index (χ0n) is 12.9. The van der Waals surface area contributed by atoms with Crippen LogP contribution in [0.1, 0.15) is 18.3 Å². The Balaban J connectivity index is 1.94. The van der Waals surface area contributed by atoms with Gasteiger partial charge < -0.3 is 19.5 Å². The van der Waals surface area contributed by atoms with Crippen LogP contribution in [0.25, 0.3) is 16.8 Å². The largest absolute Gasteiger partial charge is 0.394 e. The van der Waals surface area contributed by atoms with E-state index in [2.05, 4.69) is 4.98 Å². The van der Waals surface area contributed by atoms with Crippen molar-refractivity contribution in [2.45, 2.75) is 31.8 Å². The van der Waals surface area contributed by atoms with Crippen LogP contribution in [0.4, 0.5) is 0 Å². The van der Waals surface area contributed by atoms with Crippen LogP contribution >= 0.6 is 0 Å². The summed E-state index contributed by atoms with van der Waals surface area (Å²) in [6, 6.07) is 1.74. The van der Waals surface area contributed by atoms with Gasteiger partial charge in [0, 0.05) is 25.9 Å². The van der Waals surface area contributed by atoms with E-state index in [0.29, 0.717) is 23.2 Å². The third-order valence-corrected chi connectivity index (χ3v) is 4.46. The molecule has 1 aliphatic heterocycles. The van der Waals surface area contributed by atoms with Crippen LogP contribution in [-0.2, 0) is 11.8 Å². The van der Waals surface area contributed by atoms with Gasteiger partial charge in [0.1, 0.15) is 18.0 Å². The minimum Gasteiger partial charge on any atom is -0.394 e. The lowest BCUT2D eigenvalue weighted by Gasteiger charge is -2.16. The van der Waals surface area contributed by atoms with E-state index in [1.54, 1.807) is 18.5 Å². The molecular formula is C15H18N4O4. The normalized spacial score (nSPS) is 25.0. The fourth-order valence-electron chi connectivity index (χ4n) is 3.34. The minimum absolute atomic E-state index is 0.135. The average Bonchev–Trinajstić information content (AvgIpc) is 3.20. The van der Waals surface area contributed by atoms with Crippen LogP contribution in [-0.4, -0.2) is 47.5 Å². The SMILES string of the molecule is Cc1cn2c(=O)c3ccn([C@@H]4C[C@H](O)[C@@H](CO)O4)c3n(C)c2n1. The zero-order valence-corrected chi connectivity index (χ0v) is 12.9. The van der Waals surface area contributed by atoms with Gasteiger partial charge in [-0.1, -0.05) is 0 Å². The van der Waals surface area contributed by atoms with E-state index >= 15 is 0 Å². The highest BCUT2D eigenvalue weighted by Gasteiger charge is 2.35. The van der Waals surface area contributed by atoms with Crippen LogP contribution in [0.3, 0.4) is 0 Å². The van der Waals surface area contributed by atoms with Crippen molar-refractivity contribution >= 4 is 16.8 Å². The van der Waals surface area contributed by atoms with Crippen molar-refractivity contribution in [3.05, 3.63) is 34.5 Å². The maximum absolute atomic E-state index is 12.6. The molecule has 4 heterocycles. The Morgan fingerprint density at radius 1 is 1.48 bits per heavy atom. The number of hydrogen-bond donors (Lipinski definition) is 2. The summed E-state index contributed by atoms with van der Waals surface area (Å²) in [7, 11) is 1.84. The number of aromatic nitrogens is 4. The molecule has 0 aliphatic carbocycles. The van der Waals surface area contributed by atoms with Crippen LogP contribution in [0.2, 0.25) is 0 Å². The summed E-state index contributed by atoms with van der Waals surface area (Å²) in [6.45, 7) is 1.60. The fraction of sp³-hybridized carbons (Fsp3) is 0.467. The molecule has 1 fully saturated rings. The van der Waals surface area contributed by atoms with Crippen molar-refractivity contribution < 1.29 is 14.9 Å². The summed E-state index contributed by atoms with van der Waals surface area (Å²) in [6.07, 6.45) is 2.09. The maximum atomic E-state index is 12.6. The number of fused-ring (bicyclic) bond motifs is 2. The number of imidazole rings is 1. The second-order valence-corrected chi connectivity index (χ2v) is 5.99. The Morgan fingerprint density at radius 3 is 2.96 bits per heavy atom. The third kappa shape index (κ3) is 1.95. The molecule has 0 saturated carbocycles. The van der Waals surface area contributed by atoms with Gasteiger partial charge in [-0.2, -0.15) is 0 Å². The van der Waals surface area contributed by atoms with Crippen LogP contribution < -0.4 is 5.56 Å². The number of nitrogens with zero attached hydrogens (tertiary/aromatic N) is 4. The van der Waals surface area contributed by atoms with E-state index in [4.69, 9.17) is 4.74 Å². The molecule has 0 aromatic carbocycles. The molecule has 4 rings (SSSR count). The number of rotatable bonds is 2. The molecule has 2 N–H and O–H groups in total. The van der Waals surface area contributed by atoms with Gasteiger partial charge in [-0.05, 0) is 13.0 Å². The number of aliphatic hydroxyl groups excluding tert-OH is 2. The molecule has 23 heavy (non-hydrogen) atoms. The summed E-state index contributed by atoms with van der Waals surface area (Å²) in [5, 5.41) is 19.7. The Kier molecular flexibility index (Phi) is 3.09. The molecule has 0 unspecified atom stereocenters. The van der Waals surface area contributed by atoms with E-state index in [1.807, 2.05) is 23.1 Å². The van der Waals surface area contributed by atoms with Crippen molar-refractivity contribution in [2.24, 2.45) is 7.05 Å². The highest BCUT2D eigenvalue weighted by atomic mass is 16.5. The molecule has 8 nitrogen and oxygen atoms in total. The molecule has 0 amide bonds. The van der Waals surface area contributed by atoms with Crippen molar-refractivity contribution in [3.8, 4) is 0 Å². The number of hydrogen-bond acceptors (Lipinski definition) is 5. The smallest absolute Gasteiger partial charge is 0.268 e. The summed E-state index contributed by atoms with van der Waals surface area (Å²) in [5.41, 5.74) is 1.32. The van der Waals surface area contributed by atoms with Crippen molar-refractivity contribution in [2.75, 3.05) is 6.61 Å². The lowest BCUT2D eigenvalue weighted by Crippen LogP contribution is -2.24. The zero-order chi connectivity index (χ0) is 16.3. The van der Waals surface area contributed by atoms with Gasteiger partial charge in [-0.25, -0.2) is 4.98 Å². The molecule has 0 radical (unpaired) electrons. The molecule has 8 heteroatoms. The van der Waals surface area contributed by atoms with E-state index in [-0.39, 0.29) is 12.2 Å². The van der Waals surface area contributed by atoms with E-state index < -0.39 is 18.4 Å². The first-order valence-corrected chi connectivity index (χ1v) is 7.51. The monoisotopic (exact) mass is 318 g/mol. The summed E-state index contributed by atoms with van der Waals surface area (Å²) < 4.78 is 10.9. The van der Waals surface area contributed by atoms with Gasteiger partial charge >= 0.3 is 0 Å². The highest BCUT2D eigenvalue weighted by Crippen LogP contribution is 2.31. The second-order valence-electron chi connectivity index (χ2n) is 5.99.